The Morgan fingerprint density at radius 3 is 2.17 bits per heavy atom. The van der Waals surface area contributed by atoms with Crippen LogP contribution in [0.3, 0.4) is 0 Å². The molecule has 0 radical (unpaired) electrons. The van der Waals surface area contributed by atoms with E-state index in [1.54, 1.807) is 4.57 Å². The average Bonchev–Trinajstić information content (AvgIpc) is 3.36. The molecule has 6 rings (SSSR count). The number of para-hydroxylation sites is 1. The smallest absolute Gasteiger partial charge is 0.266 e. The van der Waals surface area contributed by atoms with Gasteiger partial charge in [0.1, 0.15) is 5.69 Å². The fraction of sp³-hybridized carbons (Fsp3) is 0.0333. The van der Waals surface area contributed by atoms with Gasteiger partial charge in [-0.2, -0.15) is 5.10 Å². The van der Waals surface area contributed by atoms with Gasteiger partial charge in [-0.3, -0.25) is 9.36 Å². The molecule has 0 atom stereocenters. The zero-order valence-corrected chi connectivity index (χ0v) is 21.1. The minimum atomic E-state index is -0.129. The molecule has 0 aliphatic rings. The molecule has 0 amide bonds. The second kappa shape index (κ2) is 9.06. The van der Waals surface area contributed by atoms with Crippen molar-refractivity contribution >= 4 is 26.8 Å². The highest BCUT2D eigenvalue weighted by molar-refractivity contribution is 9.10. The Hall–Kier alpha value is -4.29. The first-order valence-corrected chi connectivity index (χ1v) is 12.4. The third-order valence-corrected chi connectivity index (χ3v) is 6.68. The first kappa shape index (κ1) is 22.2. The lowest BCUT2D eigenvalue weighted by Crippen LogP contribution is -2.22. The number of rotatable bonds is 4. The van der Waals surface area contributed by atoms with Crippen LogP contribution < -0.4 is 5.56 Å². The Kier molecular flexibility index (Phi) is 5.58. The van der Waals surface area contributed by atoms with E-state index in [1.807, 2.05) is 102 Å². The summed E-state index contributed by atoms with van der Waals surface area (Å²) < 4.78 is 4.48. The van der Waals surface area contributed by atoms with Crippen molar-refractivity contribution in [2.24, 2.45) is 0 Å². The lowest BCUT2D eigenvalue weighted by Gasteiger charge is -2.15. The van der Waals surface area contributed by atoms with E-state index in [1.165, 1.54) is 0 Å². The predicted octanol–water partition coefficient (Wildman–Crippen LogP) is 6.98. The summed E-state index contributed by atoms with van der Waals surface area (Å²) in [5, 5.41) is 5.53. The minimum absolute atomic E-state index is 0.129. The molecule has 0 saturated heterocycles. The molecule has 0 aliphatic carbocycles. The summed E-state index contributed by atoms with van der Waals surface area (Å²) in [5.41, 5.74) is 5.81. The van der Waals surface area contributed by atoms with Crippen LogP contribution in [-0.2, 0) is 0 Å². The van der Waals surface area contributed by atoms with Gasteiger partial charge < -0.3 is 0 Å². The molecule has 2 heterocycles. The van der Waals surface area contributed by atoms with Crippen LogP contribution in [0.1, 0.15) is 5.56 Å². The van der Waals surface area contributed by atoms with Crippen LogP contribution in [-0.4, -0.2) is 19.3 Å². The van der Waals surface area contributed by atoms with Crippen molar-refractivity contribution in [2.75, 3.05) is 0 Å². The Balaban J connectivity index is 1.69. The maximum Gasteiger partial charge on any atom is 0.266 e. The summed E-state index contributed by atoms with van der Waals surface area (Å²) in [5.74, 6) is 0.524. The first-order chi connectivity index (χ1) is 17.6. The van der Waals surface area contributed by atoms with Gasteiger partial charge in [0, 0.05) is 10.0 Å². The molecule has 0 saturated carbocycles. The number of nitrogens with zero attached hydrogens (tertiary/aromatic N) is 4. The van der Waals surface area contributed by atoms with E-state index in [9.17, 15) is 4.79 Å². The molecule has 174 valence electrons. The molecule has 0 unspecified atom stereocenters. The van der Waals surface area contributed by atoms with Gasteiger partial charge in [0.15, 0.2) is 5.82 Å². The molecule has 0 N–H and O–H groups in total. The molecular weight excluding hydrogens is 512 g/mol. The second-order valence-electron chi connectivity index (χ2n) is 8.60. The molecule has 5 nitrogen and oxygen atoms in total. The normalized spacial score (nSPS) is 11.2. The fourth-order valence-corrected chi connectivity index (χ4v) is 4.57. The van der Waals surface area contributed by atoms with Gasteiger partial charge >= 0.3 is 0 Å². The van der Waals surface area contributed by atoms with E-state index in [4.69, 9.17) is 10.1 Å². The fourth-order valence-electron chi connectivity index (χ4n) is 4.31. The average molecular weight is 533 g/mol. The molecule has 0 spiro atoms. The number of fused-ring (bicyclic) bond motifs is 1. The van der Waals surface area contributed by atoms with Crippen molar-refractivity contribution in [3.8, 4) is 34.2 Å². The van der Waals surface area contributed by atoms with Crippen molar-refractivity contribution in [3.63, 3.8) is 0 Å². The van der Waals surface area contributed by atoms with Gasteiger partial charge in [0.25, 0.3) is 5.56 Å². The Morgan fingerprint density at radius 1 is 0.750 bits per heavy atom. The van der Waals surface area contributed by atoms with Gasteiger partial charge in [-0.25, -0.2) is 9.67 Å². The number of benzene rings is 4. The SMILES string of the molecule is Cc1ccc(-n2nc(-c3ccccc3)cc2-c2nc3ccccc3c(=O)n2-c2ccc(Br)cc2)cc1. The van der Waals surface area contributed by atoms with Crippen molar-refractivity contribution < 1.29 is 0 Å². The highest BCUT2D eigenvalue weighted by Gasteiger charge is 2.21. The molecule has 0 aliphatic heterocycles. The van der Waals surface area contributed by atoms with Crippen LogP contribution in [0.25, 0.3) is 45.1 Å². The van der Waals surface area contributed by atoms with Crippen molar-refractivity contribution in [1.29, 1.82) is 0 Å². The van der Waals surface area contributed by atoms with Gasteiger partial charge in [0.05, 0.1) is 28.0 Å². The van der Waals surface area contributed by atoms with E-state index in [0.29, 0.717) is 16.7 Å². The van der Waals surface area contributed by atoms with E-state index >= 15 is 0 Å². The molecule has 4 aromatic carbocycles. The Morgan fingerprint density at radius 2 is 1.42 bits per heavy atom. The second-order valence-corrected chi connectivity index (χ2v) is 9.51. The van der Waals surface area contributed by atoms with Crippen LogP contribution in [0.5, 0.6) is 0 Å². The number of hydrogen-bond acceptors (Lipinski definition) is 3. The molecular formula is C30H21BrN4O. The number of halogens is 1. The third-order valence-electron chi connectivity index (χ3n) is 6.15. The first-order valence-electron chi connectivity index (χ1n) is 11.6. The Bertz CT molecular complexity index is 1750. The van der Waals surface area contributed by atoms with Gasteiger partial charge in [-0.05, 0) is 61.5 Å². The van der Waals surface area contributed by atoms with Crippen LogP contribution in [0, 0.1) is 6.92 Å². The Labute approximate surface area is 216 Å². The quantitative estimate of drug-likeness (QED) is 0.246. The number of aromatic nitrogens is 4. The van der Waals surface area contributed by atoms with Crippen LogP contribution >= 0.6 is 15.9 Å². The van der Waals surface area contributed by atoms with E-state index < -0.39 is 0 Å². The maximum absolute atomic E-state index is 13.9. The van der Waals surface area contributed by atoms with E-state index in [0.717, 1.165) is 38.4 Å². The summed E-state index contributed by atoms with van der Waals surface area (Å²) in [6, 6.07) is 35.3. The largest absolute Gasteiger partial charge is 0.268 e. The van der Waals surface area contributed by atoms with Crippen molar-refractivity contribution in [2.45, 2.75) is 6.92 Å². The lowest BCUT2D eigenvalue weighted by molar-refractivity contribution is 0.864. The number of aryl methyl sites for hydroxylation is 1. The highest BCUT2D eigenvalue weighted by Crippen LogP contribution is 2.30. The summed E-state index contributed by atoms with van der Waals surface area (Å²) in [6.45, 7) is 2.05. The summed E-state index contributed by atoms with van der Waals surface area (Å²) >= 11 is 3.50. The van der Waals surface area contributed by atoms with E-state index in [2.05, 4.69) is 35.0 Å². The maximum atomic E-state index is 13.9. The van der Waals surface area contributed by atoms with Gasteiger partial charge in [-0.1, -0.05) is 76.1 Å². The number of hydrogen-bond donors (Lipinski definition) is 0. The molecule has 6 aromatic rings. The minimum Gasteiger partial charge on any atom is -0.268 e. The zero-order chi connectivity index (χ0) is 24.6. The molecule has 0 bridgehead atoms. The molecule has 6 heteroatoms. The van der Waals surface area contributed by atoms with Gasteiger partial charge in [-0.15, -0.1) is 0 Å². The monoisotopic (exact) mass is 532 g/mol. The van der Waals surface area contributed by atoms with Crippen molar-refractivity contribution in [3.05, 3.63) is 130 Å². The van der Waals surface area contributed by atoms with Crippen LogP contribution in [0.4, 0.5) is 0 Å². The molecule has 2 aromatic heterocycles. The van der Waals surface area contributed by atoms with Crippen LogP contribution in [0.2, 0.25) is 0 Å². The lowest BCUT2D eigenvalue weighted by atomic mass is 10.1. The van der Waals surface area contributed by atoms with E-state index in [-0.39, 0.29) is 5.56 Å². The third kappa shape index (κ3) is 3.95. The standard InChI is InChI=1S/C30H21BrN4O/c1-20-11-15-24(16-12-20)35-28(19-27(33-35)21-7-3-2-4-8-21)29-32-26-10-6-5-9-25(26)30(36)34(29)23-17-13-22(31)14-18-23/h2-19H,1H3. The van der Waals surface area contributed by atoms with Gasteiger partial charge in [0.2, 0.25) is 0 Å². The molecule has 0 fully saturated rings. The summed E-state index contributed by atoms with van der Waals surface area (Å²) in [4.78, 5) is 18.9. The summed E-state index contributed by atoms with van der Waals surface area (Å²) in [7, 11) is 0. The summed E-state index contributed by atoms with van der Waals surface area (Å²) in [6.07, 6.45) is 0. The van der Waals surface area contributed by atoms with Crippen molar-refractivity contribution in [1.82, 2.24) is 19.3 Å². The predicted molar refractivity (Wildman–Crippen MR) is 148 cm³/mol. The van der Waals surface area contributed by atoms with Crippen LogP contribution in [0.15, 0.2) is 118 Å². The zero-order valence-electron chi connectivity index (χ0n) is 19.5. The highest BCUT2D eigenvalue weighted by atomic mass is 79.9. The molecule has 36 heavy (non-hydrogen) atoms. The topological polar surface area (TPSA) is 52.7 Å².